The van der Waals surface area contributed by atoms with Crippen LogP contribution in [0.5, 0.6) is 0 Å². The van der Waals surface area contributed by atoms with Crippen LogP contribution in [0.25, 0.3) is 0 Å². The van der Waals surface area contributed by atoms with Gasteiger partial charge in [-0.2, -0.15) is 0 Å². The average Bonchev–Trinajstić information content (AvgIpc) is 3.23. The first-order chi connectivity index (χ1) is 16.4. The number of ketones is 1. The smallest absolute Gasteiger partial charge is 0.159 e. The molecule has 0 aromatic rings. The second-order valence-electron chi connectivity index (χ2n) is 15.0. The molecule has 3 saturated carbocycles. The van der Waals surface area contributed by atoms with E-state index < -0.39 is 51.7 Å². The third-order valence-corrected chi connectivity index (χ3v) is 12.7. The van der Waals surface area contributed by atoms with Crippen molar-refractivity contribution in [2.75, 3.05) is 0 Å². The summed E-state index contributed by atoms with van der Waals surface area (Å²) in [6, 6.07) is 0. The monoisotopic (exact) mass is 504 g/mol. The van der Waals surface area contributed by atoms with Crippen LogP contribution in [-0.4, -0.2) is 61.3 Å². The number of fused-ring (bicyclic) bond motifs is 4. The van der Waals surface area contributed by atoms with Crippen LogP contribution in [0.3, 0.4) is 0 Å². The van der Waals surface area contributed by atoms with Crippen LogP contribution < -0.4 is 0 Å². The van der Waals surface area contributed by atoms with Gasteiger partial charge in [-0.15, -0.1) is 0 Å². The topological polar surface area (TPSA) is 118 Å². The average molecular weight is 505 g/mol. The van der Waals surface area contributed by atoms with Crippen molar-refractivity contribution in [1.82, 2.24) is 0 Å². The van der Waals surface area contributed by atoms with Gasteiger partial charge in [-0.05, 0) is 91.9 Å². The number of rotatable bonds is 2. The number of carbonyl (C=O) groups is 1. The minimum absolute atomic E-state index is 0.00293. The van der Waals surface area contributed by atoms with E-state index in [1.165, 1.54) is 0 Å². The number of hydrogen-bond acceptors (Lipinski definition) is 6. The van der Waals surface area contributed by atoms with Gasteiger partial charge >= 0.3 is 0 Å². The van der Waals surface area contributed by atoms with Gasteiger partial charge in [-0.1, -0.05) is 34.6 Å². The molecule has 5 aliphatic rings. The molecule has 0 radical (unpaired) electrons. The van der Waals surface area contributed by atoms with Gasteiger partial charge in [0, 0.05) is 23.3 Å². The largest absolute Gasteiger partial charge is 0.393 e. The molecule has 0 aliphatic heterocycles. The van der Waals surface area contributed by atoms with E-state index in [1.807, 2.05) is 20.8 Å². The fraction of sp³-hybridized carbons (Fsp3) is 0.900. The number of Topliss-reactive ketones (excluding diaryl/α,β-unsaturated/α-hetero) is 1. The fourth-order valence-corrected chi connectivity index (χ4v) is 10.4. The summed E-state index contributed by atoms with van der Waals surface area (Å²) in [7, 11) is 0. The lowest BCUT2D eigenvalue weighted by Crippen LogP contribution is -2.61. The summed E-state index contributed by atoms with van der Waals surface area (Å²) >= 11 is 0. The van der Waals surface area contributed by atoms with Crippen LogP contribution >= 0.6 is 0 Å². The molecular formula is C30H48O6. The fourth-order valence-electron chi connectivity index (χ4n) is 10.4. The maximum atomic E-state index is 14.0. The lowest BCUT2D eigenvalue weighted by Gasteiger charge is -2.62. The van der Waals surface area contributed by atoms with Gasteiger partial charge in [-0.3, -0.25) is 4.79 Å². The summed E-state index contributed by atoms with van der Waals surface area (Å²) in [6.45, 7) is 13.9. The van der Waals surface area contributed by atoms with Crippen LogP contribution in [-0.2, 0) is 4.79 Å². The second kappa shape index (κ2) is 7.88. The minimum Gasteiger partial charge on any atom is -0.393 e. The van der Waals surface area contributed by atoms with E-state index in [0.717, 1.165) is 18.4 Å². The van der Waals surface area contributed by atoms with Crippen LogP contribution in [0.2, 0.25) is 0 Å². The molecule has 0 amide bonds. The highest BCUT2D eigenvalue weighted by Crippen LogP contribution is 2.72. The molecule has 5 rings (SSSR count). The summed E-state index contributed by atoms with van der Waals surface area (Å²) in [5.41, 5.74) is -1.77. The number of hydrogen-bond donors (Lipinski definition) is 5. The third-order valence-electron chi connectivity index (χ3n) is 12.7. The molecule has 6 nitrogen and oxygen atoms in total. The zero-order valence-electron chi connectivity index (χ0n) is 23.2. The van der Waals surface area contributed by atoms with Crippen LogP contribution in [0.1, 0.15) is 93.4 Å². The van der Waals surface area contributed by atoms with Gasteiger partial charge in [0.1, 0.15) is 0 Å². The minimum atomic E-state index is -0.987. The first-order valence-corrected chi connectivity index (χ1v) is 14.1. The molecule has 6 heteroatoms. The zero-order valence-corrected chi connectivity index (χ0v) is 23.2. The summed E-state index contributed by atoms with van der Waals surface area (Å²) in [6.07, 6.45) is 1.37. The number of carbonyl (C=O) groups excluding carboxylic acids is 1. The van der Waals surface area contributed by atoms with Crippen molar-refractivity contribution in [3.05, 3.63) is 11.1 Å². The molecule has 36 heavy (non-hydrogen) atoms. The van der Waals surface area contributed by atoms with E-state index in [9.17, 15) is 30.3 Å². The Morgan fingerprint density at radius 1 is 0.917 bits per heavy atom. The molecule has 0 heterocycles. The van der Waals surface area contributed by atoms with Crippen molar-refractivity contribution in [3.8, 4) is 0 Å². The highest BCUT2D eigenvalue weighted by Gasteiger charge is 2.71. The molecule has 0 unspecified atom stereocenters. The molecule has 0 bridgehead atoms. The Balaban J connectivity index is 1.61. The number of aliphatic hydroxyl groups is 5. The molecule has 3 fully saturated rings. The Morgan fingerprint density at radius 2 is 1.56 bits per heavy atom. The van der Waals surface area contributed by atoms with Gasteiger partial charge in [0.2, 0.25) is 0 Å². The Kier molecular flexibility index (Phi) is 5.86. The highest BCUT2D eigenvalue weighted by molar-refractivity contribution is 6.00. The molecule has 11 atom stereocenters. The summed E-state index contributed by atoms with van der Waals surface area (Å²) in [5.74, 6) is -0.455. The third kappa shape index (κ3) is 3.17. The van der Waals surface area contributed by atoms with E-state index in [4.69, 9.17) is 0 Å². The number of aliphatic hydroxyl groups excluding tert-OH is 4. The molecule has 204 valence electrons. The molecule has 0 spiro atoms. The Labute approximate surface area is 216 Å². The first-order valence-electron chi connectivity index (χ1n) is 14.1. The Morgan fingerprint density at radius 3 is 2.14 bits per heavy atom. The maximum absolute atomic E-state index is 14.0. The normalized spacial score (nSPS) is 52.7. The molecule has 0 saturated heterocycles. The maximum Gasteiger partial charge on any atom is 0.159 e. The van der Waals surface area contributed by atoms with Crippen molar-refractivity contribution in [3.63, 3.8) is 0 Å². The van der Waals surface area contributed by atoms with Gasteiger partial charge in [0.15, 0.2) is 5.78 Å². The highest BCUT2D eigenvalue weighted by atomic mass is 16.3. The van der Waals surface area contributed by atoms with Gasteiger partial charge in [0.25, 0.3) is 0 Å². The molecule has 0 aromatic carbocycles. The quantitative estimate of drug-likeness (QED) is 0.394. The van der Waals surface area contributed by atoms with E-state index >= 15 is 0 Å². The van der Waals surface area contributed by atoms with Crippen LogP contribution in [0.15, 0.2) is 11.1 Å². The Bertz CT molecular complexity index is 978. The molecule has 5 N–H and O–H groups in total. The molecule has 5 aliphatic carbocycles. The van der Waals surface area contributed by atoms with Crippen molar-refractivity contribution in [2.45, 2.75) is 123 Å². The lowest BCUT2D eigenvalue weighted by molar-refractivity contribution is -0.141. The van der Waals surface area contributed by atoms with Crippen LogP contribution in [0.4, 0.5) is 0 Å². The van der Waals surface area contributed by atoms with Gasteiger partial charge in [-0.25, -0.2) is 0 Å². The summed E-state index contributed by atoms with van der Waals surface area (Å²) in [4.78, 5) is 14.0. The zero-order chi connectivity index (χ0) is 26.8. The van der Waals surface area contributed by atoms with Crippen molar-refractivity contribution in [2.24, 2.45) is 45.3 Å². The Hall–Kier alpha value is -0.790. The van der Waals surface area contributed by atoms with Crippen molar-refractivity contribution in [1.29, 1.82) is 0 Å². The van der Waals surface area contributed by atoms with E-state index in [1.54, 1.807) is 13.8 Å². The van der Waals surface area contributed by atoms with Crippen LogP contribution in [0, 0.1) is 45.3 Å². The van der Waals surface area contributed by atoms with Gasteiger partial charge < -0.3 is 25.5 Å². The van der Waals surface area contributed by atoms with Gasteiger partial charge in [0.05, 0.1) is 30.0 Å². The summed E-state index contributed by atoms with van der Waals surface area (Å²) < 4.78 is 0. The van der Waals surface area contributed by atoms with Crippen molar-refractivity contribution >= 4 is 5.78 Å². The van der Waals surface area contributed by atoms with Crippen molar-refractivity contribution < 1.29 is 30.3 Å². The van der Waals surface area contributed by atoms with E-state index in [2.05, 4.69) is 13.8 Å². The first kappa shape index (κ1) is 26.8. The standard InChI is InChI=1S/C30H48O6/c1-26(2)20-13-18(31)24-23(28(20,5)11-10-21(26)33)19(32)14-29(6)17(12-22(34)30(24,29)7)15-8-9-16(25(15)35)27(3,4)36/h15-17,19-22,25,32-36H,8-14H2,1-7H3/t15-,16-,17+,19-,20-,21-,22+,25+,28+,29-,30+/m1/s1. The van der Waals surface area contributed by atoms with E-state index in [-0.39, 0.29) is 29.5 Å². The molecular weight excluding hydrogens is 456 g/mol. The second-order valence-corrected chi connectivity index (χ2v) is 15.0. The van der Waals surface area contributed by atoms with E-state index in [0.29, 0.717) is 37.7 Å². The summed E-state index contributed by atoms with van der Waals surface area (Å²) in [5, 5.41) is 56.4. The molecule has 0 aromatic heterocycles. The predicted octanol–water partition coefficient (Wildman–Crippen LogP) is 3.38. The SMILES string of the molecule is CC(C)(O)[C@@H]1CC[C@H]([C@@H]2C[C@H](O)[C@@]3(C)C4=C([C@H](O)C[C@]23C)[C@@]2(C)CC[C@@H](O)C(C)(C)[C@H]2CC4=O)[C@@H]1O. The lowest BCUT2D eigenvalue weighted by atomic mass is 9.42. The predicted molar refractivity (Wildman–Crippen MR) is 137 cm³/mol.